The Balaban J connectivity index is 0.000000186. The van der Waals surface area contributed by atoms with Gasteiger partial charge in [-0.25, -0.2) is 9.97 Å². The highest BCUT2D eigenvalue weighted by molar-refractivity contribution is 5.99. The molecule has 2 heterocycles. The molecule has 6 aromatic carbocycles. The summed E-state index contributed by atoms with van der Waals surface area (Å²) in [6.45, 7) is 8.68. The molecular formula is C57H64N4. The average molecular weight is 805 g/mol. The van der Waals surface area contributed by atoms with Gasteiger partial charge in [0.05, 0.1) is 44.8 Å². The Bertz CT molecular complexity index is 2490. The lowest BCUT2D eigenvalue weighted by molar-refractivity contribution is 0.649. The van der Waals surface area contributed by atoms with Crippen LogP contribution in [0.4, 0.5) is 28.4 Å². The van der Waals surface area contributed by atoms with Crippen LogP contribution in [-0.2, 0) is 6.42 Å². The van der Waals surface area contributed by atoms with E-state index in [9.17, 15) is 0 Å². The summed E-state index contributed by atoms with van der Waals surface area (Å²) < 4.78 is 0. The fraction of sp³-hybridized carbons (Fsp3) is 0.228. The Morgan fingerprint density at radius 3 is 1.41 bits per heavy atom. The molecule has 0 fully saturated rings. The zero-order chi connectivity index (χ0) is 39.8. The van der Waals surface area contributed by atoms with E-state index in [1.54, 1.807) is 0 Å². The molecule has 4 nitrogen and oxygen atoms in total. The van der Waals surface area contributed by atoms with E-state index < -0.39 is 0 Å². The third kappa shape index (κ3) is 10.6. The number of rotatable bonds is 5. The summed E-state index contributed by atoms with van der Waals surface area (Å²) in [4.78, 5) is 13.9. The SMILES string of the molecule is C.C.C.CC1=CCC(Cc2ccc(C)cc2)C=C1.CCC1=CC=C(N2c3ccccc3N(c3ccc(C)cc3)c3ccccc32)CC1.c1ccc2nc3ccccc3nc2c1. The minimum absolute atomic E-state index is 0. The van der Waals surface area contributed by atoms with Crippen LogP contribution in [0.2, 0.25) is 0 Å². The predicted octanol–water partition coefficient (Wildman–Crippen LogP) is 16.7. The standard InChI is InChI=1S/C27H26N2.C15H18.C12H8N2.3CH4/c1-3-21-14-18-23(19-15-21)29-26-10-6-4-8-24(26)28(22-16-12-20(2)13-17-22)25-9-5-7-11-27(25)29;1-12-3-7-14(8-4-12)11-15-9-5-13(2)6-10-15;1-2-6-10-9(5-1)13-11-7-3-4-8-12(11)14-10;;;/h4-14,16-18H,3,15,19H2,1-2H3;3-9,15H,10-11H2,1-2H3;1-8H;3*1H4. The summed E-state index contributed by atoms with van der Waals surface area (Å²) in [6.07, 6.45) is 17.3. The summed E-state index contributed by atoms with van der Waals surface area (Å²) in [6, 6.07) is 51.0. The van der Waals surface area contributed by atoms with E-state index in [1.165, 1.54) is 74.8 Å². The van der Waals surface area contributed by atoms with Crippen molar-refractivity contribution in [2.24, 2.45) is 5.92 Å². The monoisotopic (exact) mass is 805 g/mol. The van der Waals surface area contributed by atoms with E-state index in [1.807, 2.05) is 48.5 Å². The number of hydrogen-bond acceptors (Lipinski definition) is 4. The Morgan fingerprint density at radius 1 is 0.525 bits per heavy atom. The molecule has 0 bridgehead atoms. The summed E-state index contributed by atoms with van der Waals surface area (Å²) >= 11 is 0. The minimum atomic E-state index is 0. The van der Waals surface area contributed by atoms with Crippen LogP contribution < -0.4 is 9.80 Å². The van der Waals surface area contributed by atoms with E-state index >= 15 is 0 Å². The highest BCUT2D eigenvalue weighted by Crippen LogP contribution is 2.53. The van der Waals surface area contributed by atoms with Gasteiger partial charge in [-0.3, -0.25) is 0 Å². The van der Waals surface area contributed by atoms with E-state index in [2.05, 4.69) is 175 Å². The number of nitrogens with zero attached hydrogens (tertiary/aromatic N) is 4. The normalized spacial score (nSPS) is 14.8. The lowest BCUT2D eigenvalue weighted by atomic mass is 9.91. The van der Waals surface area contributed by atoms with Crippen LogP contribution in [0.15, 0.2) is 193 Å². The first-order chi connectivity index (χ1) is 28.4. The molecule has 0 N–H and O–H groups in total. The van der Waals surface area contributed by atoms with Crippen molar-refractivity contribution in [3.8, 4) is 0 Å². The number of aromatic nitrogens is 2. The molecule has 312 valence electrons. The van der Waals surface area contributed by atoms with Gasteiger partial charge in [-0.15, -0.1) is 0 Å². The van der Waals surface area contributed by atoms with E-state index in [-0.39, 0.29) is 22.3 Å². The van der Waals surface area contributed by atoms with Crippen LogP contribution in [-0.4, -0.2) is 9.97 Å². The van der Waals surface area contributed by atoms with Crippen LogP contribution in [0.3, 0.4) is 0 Å². The molecule has 7 aromatic rings. The van der Waals surface area contributed by atoms with Crippen LogP contribution in [0.25, 0.3) is 22.1 Å². The van der Waals surface area contributed by atoms with Gasteiger partial charge in [0.1, 0.15) is 0 Å². The number of allylic oxidation sites excluding steroid dienone is 8. The van der Waals surface area contributed by atoms with Gasteiger partial charge in [0.15, 0.2) is 0 Å². The zero-order valence-electron chi connectivity index (χ0n) is 34.1. The summed E-state index contributed by atoms with van der Waals surface area (Å²) in [5.41, 5.74) is 18.3. The highest BCUT2D eigenvalue weighted by atomic mass is 15.3. The average Bonchev–Trinajstić information content (AvgIpc) is 3.27. The summed E-state index contributed by atoms with van der Waals surface area (Å²) in [7, 11) is 0. The van der Waals surface area contributed by atoms with Gasteiger partial charge >= 0.3 is 0 Å². The molecule has 0 spiro atoms. The van der Waals surface area contributed by atoms with Crippen molar-refractivity contribution in [1.82, 2.24) is 9.97 Å². The molecule has 2 aliphatic carbocycles. The fourth-order valence-corrected chi connectivity index (χ4v) is 7.89. The topological polar surface area (TPSA) is 32.3 Å². The van der Waals surface area contributed by atoms with Crippen LogP contribution in [0.1, 0.15) is 78.5 Å². The second-order valence-corrected chi connectivity index (χ2v) is 15.5. The molecule has 0 saturated carbocycles. The Hall–Kier alpha value is -6.52. The lowest BCUT2D eigenvalue weighted by Crippen LogP contribution is -2.27. The first kappa shape index (κ1) is 45.6. The number of anilines is 5. The van der Waals surface area contributed by atoms with Crippen molar-refractivity contribution < 1.29 is 0 Å². The molecule has 1 unspecified atom stereocenters. The zero-order valence-corrected chi connectivity index (χ0v) is 34.1. The molecule has 4 heteroatoms. The lowest BCUT2D eigenvalue weighted by Gasteiger charge is -2.41. The van der Waals surface area contributed by atoms with E-state index in [0.717, 1.165) is 41.3 Å². The number of aryl methyl sites for hydroxylation is 2. The van der Waals surface area contributed by atoms with E-state index in [4.69, 9.17) is 0 Å². The maximum atomic E-state index is 4.52. The molecular weight excluding hydrogens is 741 g/mol. The van der Waals surface area contributed by atoms with Gasteiger partial charge in [0.25, 0.3) is 0 Å². The number of hydrogen-bond donors (Lipinski definition) is 0. The molecule has 61 heavy (non-hydrogen) atoms. The van der Waals surface area contributed by atoms with Gasteiger partial charge in [0.2, 0.25) is 0 Å². The third-order valence-electron chi connectivity index (χ3n) is 11.2. The molecule has 1 atom stereocenters. The maximum absolute atomic E-state index is 4.52. The van der Waals surface area contributed by atoms with Crippen molar-refractivity contribution in [3.05, 3.63) is 210 Å². The third-order valence-corrected chi connectivity index (χ3v) is 11.2. The quantitative estimate of drug-likeness (QED) is 0.162. The minimum Gasteiger partial charge on any atom is -0.310 e. The highest BCUT2D eigenvalue weighted by Gasteiger charge is 2.31. The van der Waals surface area contributed by atoms with Gasteiger partial charge in [-0.1, -0.05) is 161 Å². The van der Waals surface area contributed by atoms with Crippen molar-refractivity contribution in [1.29, 1.82) is 0 Å². The van der Waals surface area contributed by atoms with Crippen LogP contribution >= 0.6 is 0 Å². The summed E-state index contributed by atoms with van der Waals surface area (Å²) in [5, 5.41) is 0. The molecule has 0 saturated heterocycles. The smallest absolute Gasteiger partial charge is 0.0894 e. The predicted molar refractivity (Wildman–Crippen MR) is 267 cm³/mol. The first-order valence-corrected chi connectivity index (χ1v) is 20.7. The van der Waals surface area contributed by atoms with Crippen molar-refractivity contribution in [2.45, 2.75) is 82.1 Å². The maximum Gasteiger partial charge on any atom is 0.0894 e. The fourth-order valence-electron chi connectivity index (χ4n) is 7.89. The molecule has 10 rings (SSSR count). The van der Waals surface area contributed by atoms with Gasteiger partial charge < -0.3 is 9.80 Å². The Labute approximate surface area is 366 Å². The summed E-state index contributed by atoms with van der Waals surface area (Å²) in [5.74, 6) is 0.691. The van der Waals surface area contributed by atoms with Gasteiger partial charge in [-0.05, 0) is 131 Å². The van der Waals surface area contributed by atoms with E-state index in [0.29, 0.717) is 5.92 Å². The largest absolute Gasteiger partial charge is 0.310 e. The second-order valence-electron chi connectivity index (χ2n) is 15.5. The Kier molecular flexibility index (Phi) is 15.8. The number of fused-ring (bicyclic) bond motifs is 4. The molecule has 1 aliphatic heterocycles. The Morgan fingerprint density at radius 2 is 0.984 bits per heavy atom. The second kappa shape index (κ2) is 21.1. The molecule has 0 amide bonds. The number of benzene rings is 6. The van der Waals surface area contributed by atoms with Crippen LogP contribution in [0, 0.1) is 19.8 Å². The molecule has 1 aromatic heterocycles. The van der Waals surface area contributed by atoms with Crippen molar-refractivity contribution >= 4 is 50.5 Å². The molecule has 3 aliphatic rings. The van der Waals surface area contributed by atoms with Crippen molar-refractivity contribution in [3.63, 3.8) is 0 Å². The first-order valence-electron chi connectivity index (χ1n) is 20.7. The van der Waals surface area contributed by atoms with Gasteiger partial charge in [-0.2, -0.15) is 0 Å². The van der Waals surface area contributed by atoms with Crippen LogP contribution in [0.5, 0.6) is 0 Å². The molecule has 0 radical (unpaired) electrons. The van der Waals surface area contributed by atoms with Gasteiger partial charge in [0, 0.05) is 11.4 Å². The van der Waals surface area contributed by atoms with Crippen molar-refractivity contribution in [2.75, 3.05) is 9.80 Å². The number of para-hydroxylation sites is 8.